The van der Waals surface area contributed by atoms with Gasteiger partial charge in [0.05, 0.1) is 5.56 Å². The van der Waals surface area contributed by atoms with Crippen molar-refractivity contribution < 1.29 is 13.2 Å². The molecule has 5 heteroatoms. The molecule has 0 amide bonds. The summed E-state index contributed by atoms with van der Waals surface area (Å²) in [5.41, 5.74) is -0.432. The summed E-state index contributed by atoms with van der Waals surface area (Å²) in [6.45, 7) is 0.607. The Balaban J connectivity index is 1.73. The van der Waals surface area contributed by atoms with Crippen LogP contribution in [0.1, 0.15) is 18.4 Å². The average molecular weight is 346 g/mol. The molecule has 3 unspecified atom stereocenters. The van der Waals surface area contributed by atoms with Gasteiger partial charge in [-0.2, -0.15) is 13.2 Å². The van der Waals surface area contributed by atoms with Gasteiger partial charge in [0, 0.05) is 16.7 Å². The summed E-state index contributed by atoms with van der Waals surface area (Å²) in [5, 5.41) is 3.00. The molecule has 1 aromatic carbocycles. The van der Waals surface area contributed by atoms with Crippen molar-refractivity contribution in [2.24, 2.45) is 17.8 Å². The van der Waals surface area contributed by atoms with Crippen LogP contribution in [-0.2, 0) is 6.18 Å². The molecule has 1 fully saturated rings. The molecule has 0 aromatic heterocycles. The van der Waals surface area contributed by atoms with Crippen LogP contribution in [0.15, 0.2) is 34.8 Å². The van der Waals surface area contributed by atoms with Crippen molar-refractivity contribution in [3.63, 3.8) is 0 Å². The van der Waals surface area contributed by atoms with Gasteiger partial charge in [0.15, 0.2) is 0 Å². The first-order chi connectivity index (χ1) is 9.43. The first kappa shape index (κ1) is 14.0. The number of hydrogen-bond acceptors (Lipinski definition) is 1. The molecule has 2 aliphatic carbocycles. The number of alkyl halides is 3. The zero-order valence-corrected chi connectivity index (χ0v) is 12.3. The molecule has 1 aromatic rings. The van der Waals surface area contributed by atoms with Crippen LogP contribution in [0.25, 0.3) is 0 Å². The lowest BCUT2D eigenvalue weighted by Crippen LogP contribution is -2.20. The standard InChI is InChI=1S/C15H15BrF3N/c16-12-3-4-14(13(7-12)15(17,18)19)20-8-11-6-9-1-2-10(11)5-9/h1-4,7,9-11,20H,5-6,8H2. The second kappa shape index (κ2) is 5.10. The smallest absolute Gasteiger partial charge is 0.384 e. The van der Waals surface area contributed by atoms with Crippen molar-refractivity contribution in [2.75, 3.05) is 11.9 Å². The summed E-state index contributed by atoms with van der Waals surface area (Å²) in [7, 11) is 0. The average Bonchev–Trinajstić information content (AvgIpc) is 2.98. The van der Waals surface area contributed by atoms with Crippen LogP contribution in [0.5, 0.6) is 0 Å². The van der Waals surface area contributed by atoms with Crippen LogP contribution in [0.2, 0.25) is 0 Å². The number of anilines is 1. The molecule has 0 heterocycles. The van der Waals surface area contributed by atoms with Crippen LogP contribution in [0.4, 0.5) is 18.9 Å². The molecule has 0 radical (unpaired) electrons. The number of allylic oxidation sites excluding steroid dienone is 2. The second-order valence-electron chi connectivity index (χ2n) is 5.61. The maximum Gasteiger partial charge on any atom is 0.418 e. The first-order valence-corrected chi connectivity index (χ1v) is 7.52. The largest absolute Gasteiger partial charge is 0.418 e. The first-order valence-electron chi connectivity index (χ1n) is 6.72. The van der Waals surface area contributed by atoms with E-state index in [1.165, 1.54) is 12.5 Å². The molecule has 0 saturated heterocycles. The Morgan fingerprint density at radius 2 is 2.00 bits per heavy atom. The van der Waals surface area contributed by atoms with Crippen LogP contribution in [0, 0.1) is 17.8 Å². The van der Waals surface area contributed by atoms with Crippen LogP contribution in [-0.4, -0.2) is 6.54 Å². The third-order valence-corrected chi connectivity index (χ3v) is 4.75. The summed E-state index contributed by atoms with van der Waals surface area (Å²) in [6.07, 6.45) is 2.38. The van der Waals surface area contributed by atoms with E-state index in [4.69, 9.17) is 0 Å². The Labute approximate surface area is 124 Å². The summed E-state index contributed by atoms with van der Waals surface area (Å²) in [6, 6.07) is 4.26. The molecule has 1 N–H and O–H groups in total. The minimum atomic E-state index is -4.33. The minimum absolute atomic E-state index is 0.174. The fourth-order valence-corrected chi connectivity index (χ4v) is 3.64. The summed E-state index contributed by atoms with van der Waals surface area (Å²) >= 11 is 3.10. The Kier molecular flexibility index (Phi) is 3.56. The third kappa shape index (κ3) is 2.73. The van der Waals surface area contributed by atoms with Crippen molar-refractivity contribution in [3.8, 4) is 0 Å². The van der Waals surface area contributed by atoms with E-state index in [2.05, 4.69) is 33.4 Å². The highest BCUT2D eigenvalue weighted by molar-refractivity contribution is 9.10. The van der Waals surface area contributed by atoms with Crippen LogP contribution < -0.4 is 5.32 Å². The molecular weight excluding hydrogens is 331 g/mol. The van der Waals surface area contributed by atoms with E-state index < -0.39 is 11.7 Å². The van der Waals surface area contributed by atoms with Gasteiger partial charge >= 0.3 is 6.18 Å². The molecule has 0 aliphatic heterocycles. The topological polar surface area (TPSA) is 12.0 Å². The fourth-order valence-electron chi connectivity index (χ4n) is 3.28. The van der Waals surface area contributed by atoms with Gasteiger partial charge in [-0.1, -0.05) is 28.1 Å². The van der Waals surface area contributed by atoms with E-state index in [-0.39, 0.29) is 5.69 Å². The Hall–Kier alpha value is -0.970. The van der Waals surface area contributed by atoms with Gasteiger partial charge in [0.1, 0.15) is 0 Å². The lowest BCUT2D eigenvalue weighted by atomic mass is 9.93. The van der Waals surface area contributed by atoms with Crippen molar-refractivity contribution in [2.45, 2.75) is 19.0 Å². The quantitative estimate of drug-likeness (QED) is 0.752. The van der Waals surface area contributed by atoms with Gasteiger partial charge in [-0.05, 0) is 48.8 Å². The minimum Gasteiger partial charge on any atom is -0.384 e. The van der Waals surface area contributed by atoms with Gasteiger partial charge in [0.2, 0.25) is 0 Å². The molecule has 2 aliphatic rings. The maximum atomic E-state index is 13.0. The number of fused-ring (bicyclic) bond motifs is 2. The zero-order chi connectivity index (χ0) is 14.3. The van der Waals surface area contributed by atoms with Crippen molar-refractivity contribution >= 4 is 21.6 Å². The van der Waals surface area contributed by atoms with E-state index in [1.807, 2.05) is 0 Å². The summed E-state index contributed by atoms with van der Waals surface area (Å²) in [4.78, 5) is 0. The highest BCUT2D eigenvalue weighted by Gasteiger charge is 2.37. The molecule has 0 spiro atoms. The molecule has 1 saturated carbocycles. The summed E-state index contributed by atoms with van der Waals surface area (Å²) in [5.74, 6) is 1.63. The number of halogens is 4. The second-order valence-corrected chi connectivity index (χ2v) is 6.52. The van der Waals surface area contributed by atoms with E-state index >= 15 is 0 Å². The summed E-state index contributed by atoms with van der Waals surface area (Å²) < 4.78 is 39.5. The van der Waals surface area contributed by atoms with E-state index in [0.717, 1.165) is 12.5 Å². The third-order valence-electron chi connectivity index (χ3n) is 4.26. The van der Waals surface area contributed by atoms with E-state index in [1.54, 1.807) is 6.07 Å². The van der Waals surface area contributed by atoms with Gasteiger partial charge in [-0.25, -0.2) is 0 Å². The molecule has 3 rings (SSSR count). The molecule has 20 heavy (non-hydrogen) atoms. The van der Waals surface area contributed by atoms with Gasteiger partial charge in [0.25, 0.3) is 0 Å². The highest BCUT2D eigenvalue weighted by Crippen LogP contribution is 2.44. The molecule has 3 atom stereocenters. The van der Waals surface area contributed by atoms with Gasteiger partial charge in [-0.3, -0.25) is 0 Å². The Bertz CT molecular complexity index is 538. The Morgan fingerprint density at radius 3 is 2.60 bits per heavy atom. The number of hydrogen-bond donors (Lipinski definition) is 1. The number of benzene rings is 1. The fraction of sp³-hybridized carbons (Fsp3) is 0.467. The molecule has 2 bridgehead atoms. The van der Waals surface area contributed by atoms with Crippen molar-refractivity contribution in [3.05, 3.63) is 40.4 Å². The highest BCUT2D eigenvalue weighted by atomic mass is 79.9. The normalized spacial score (nSPS) is 28.1. The lowest BCUT2D eigenvalue weighted by Gasteiger charge is -2.21. The predicted molar refractivity (Wildman–Crippen MR) is 76.5 cm³/mol. The molecule has 1 nitrogen and oxygen atoms in total. The SMILES string of the molecule is FC(F)(F)c1cc(Br)ccc1NCC1CC2C=CC1C2. The number of rotatable bonds is 3. The van der Waals surface area contributed by atoms with Crippen LogP contribution >= 0.6 is 15.9 Å². The van der Waals surface area contributed by atoms with Crippen LogP contribution in [0.3, 0.4) is 0 Å². The van der Waals surface area contributed by atoms with E-state index in [9.17, 15) is 13.2 Å². The zero-order valence-electron chi connectivity index (χ0n) is 10.8. The van der Waals surface area contributed by atoms with Crippen molar-refractivity contribution in [1.82, 2.24) is 0 Å². The van der Waals surface area contributed by atoms with Gasteiger partial charge < -0.3 is 5.32 Å². The maximum absolute atomic E-state index is 13.0. The van der Waals surface area contributed by atoms with Crippen molar-refractivity contribution in [1.29, 1.82) is 0 Å². The number of nitrogens with one attached hydrogen (secondary N) is 1. The lowest BCUT2D eigenvalue weighted by molar-refractivity contribution is -0.137. The molecular formula is C15H15BrF3N. The molecule has 108 valence electrons. The predicted octanol–water partition coefficient (Wildman–Crippen LogP) is 5.09. The van der Waals surface area contributed by atoms with Gasteiger partial charge in [-0.15, -0.1) is 0 Å². The Morgan fingerprint density at radius 1 is 1.20 bits per heavy atom. The van der Waals surface area contributed by atoms with E-state index in [0.29, 0.717) is 28.8 Å². The monoisotopic (exact) mass is 345 g/mol.